The van der Waals surface area contributed by atoms with Crippen LogP contribution in [0.2, 0.25) is 0 Å². The highest BCUT2D eigenvalue weighted by molar-refractivity contribution is 7.13. The number of aromatic nitrogens is 2. The third kappa shape index (κ3) is 3.79. The molecule has 3 aromatic rings. The average molecular weight is 370 g/mol. The maximum Gasteiger partial charge on any atom is 0.265 e. The van der Waals surface area contributed by atoms with Crippen LogP contribution in [-0.2, 0) is 13.5 Å². The molecule has 3 rings (SSSR count). The number of hydrogen-bond donors (Lipinski definition) is 2. The predicted octanol–water partition coefficient (Wildman–Crippen LogP) is 2.46. The summed E-state index contributed by atoms with van der Waals surface area (Å²) in [5, 5.41) is 9.12. The second-order valence-corrected chi connectivity index (χ2v) is 6.83. The van der Waals surface area contributed by atoms with Gasteiger partial charge in [-0.3, -0.25) is 9.48 Å². The van der Waals surface area contributed by atoms with Crippen LogP contribution >= 0.6 is 11.3 Å². The van der Waals surface area contributed by atoms with Crippen molar-refractivity contribution in [1.29, 1.82) is 0 Å². The molecule has 2 aromatic heterocycles. The monoisotopic (exact) mass is 370 g/mol. The van der Waals surface area contributed by atoms with E-state index in [-0.39, 0.29) is 11.9 Å². The van der Waals surface area contributed by atoms with Gasteiger partial charge in [-0.1, -0.05) is 30.3 Å². The van der Waals surface area contributed by atoms with Crippen LogP contribution in [0.3, 0.4) is 0 Å². The molecule has 1 aromatic carbocycles. The van der Waals surface area contributed by atoms with Gasteiger partial charge in [0.25, 0.3) is 5.91 Å². The average Bonchev–Trinajstić information content (AvgIpc) is 3.27. The number of rotatable bonds is 7. The molecular weight excluding hydrogens is 348 g/mol. The highest BCUT2D eigenvalue weighted by Gasteiger charge is 2.23. The molecule has 136 valence electrons. The Hall–Kier alpha value is -2.64. The zero-order valence-electron chi connectivity index (χ0n) is 14.8. The van der Waals surface area contributed by atoms with Crippen LogP contribution < -0.4 is 15.8 Å². The van der Waals surface area contributed by atoms with Crippen LogP contribution in [0.4, 0.5) is 0 Å². The third-order valence-corrected chi connectivity index (χ3v) is 5.16. The van der Waals surface area contributed by atoms with Gasteiger partial charge in [-0.05, 0) is 18.1 Å². The molecule has 0 saturated carbocycles. The fourth-order valence-corrected chi connectivity index (χ4v) is 3.79. The molecule has 0 aliphatic rings. The smallest absolute Gasteiger partial charge is 0.265 e. The van der Waals surface area contributed by atoms with Gasteiger partial charge in [0.2, 0.25) is 0 Å². The quantitative estimate of drug-likeness (QED) is 0.669. The van der Waals surface area contributed by atoms with Crippen molar-refractivity contribution in [2.24, 2.45) is 12.8 Å². The van der Waals surface area contributed by atoms with Gasteiger partial charge in [-0.15, -0.1) is 11.3 Å². The minimum atomic E-state index is -0.174. The molecule has 3 N–H and O–H groups in total. The number of carbonyl (C=O) groups is 1. The van der Waals surface area contributed by atoms with Gasteiger partial charge in [0.15, 0.2) is 5.75 Å². The summed E-state index contributed by atoms with van der Waals surface area (Å²) < 4.78 is 7.28. The van der Waals surface area contributed by atoms with Gasteiger partial charge in [0.05, 0.1) is 18.4 Å². The second-order valence-electron chi connectivity index (χ2n) is 5.95. The SMILES string of the molecule is COc1c(-c2ccnn2C)csc1C(=O)NC(CN)Cc1ccccc1. The summed E-state index contributed by atoms with van der Waals surface area (Å²) in [4.78, 5) is 13.3. The van der Waals surface area contributed by atoms with Crippen LogP contribution in [-0.4, -0.2) is 35.4 Å². The first kappa shape index (κ1) is 18.2. The second kappa shape index (κ2) is 8.16. The van der Waals surface area contributed by atoms with Crippen molar-refractivity contribution in [2.45, 2.75) is 12.5 Å². The number of methoxy groups -OCH3 is 1. The normalized spacial score (nSPS) is 12.0. The highest BCUT2D eigenvalue weighted by Crippen LogP contribution is 2.37. The van der Waals surface area contributed by atoms with Crippen molar-refractivity contribution < 1.29 is 9.53 Å². The van der Waals surface area contributed by atoms with Crippen LogP contribution in [0.5, 0.6) is 5.75 Å². The van der Waals surface area contributed by atoms with E-state index in [1.54, 1.807) is 18.0 Å². The number of aryl methyl sites for hydroxylation is 1. The lowest BCUT2D eigenvalue weighted by Crippen LogP contribution is -2.41. The molecule has 0 aliphatic heterocycles. The standard InChI is InChI=1S/C19H22N4O2S/c1-23-16(8-9-21-23)15-12-26-18(17(15)25-2)19(24)22-14(11-20)10-13-6-4-3-5-7-13/h3-9,12,14H,10-11,20H2,1-2H3,(H,22,24). The van der Waals surface area contributed by atoms with E-state index < -0.39 is 0 Å². The fraction of sp³-hybridized carbons (Fsp3) is 0.263. The van der Waals surface area contributed by atoms with Gasteiger partial charge in [-0.25, -0.2) is 0 Å². The van der Waals surface area contributed by atoms with Gasteiger partial charge < -0.3 is 15.8 Å². The number of carbonyl (C=O) groups excluding carboxylic acids is 1. The van der Waals surface area contributed by atoms with Crippen molar-refractivity contribution in [2.75, 3.05) is 13.7 Å². The Labute approximate surface area is 156 Å². The van der Waals surface area contributed by atoms with Crippen molar-refractivity contribution in [3.05, 3.63) is 58.4 Å². The maximum atomic E-state index is 12.8. The molecule has 0 radical (unpaired) electrons. The summed E-state index contributed by atoms with van der Waals surface area (Å²) >= 11 is 1.36. The van der Waals surface area contributed by atoms with E-state index >= 15 is 0 Å². The van der Waals surface area contributed by atoms with Crippen LogP contribution in [0.25, 0.3) is 11.3 Å². The van der Waals surface area contributed by atoms with E-state index in [2.05, 4.69) is 10.4 Å². The lowest BCUT2D eigenvalue weighted by Gasteiger charge is -2.17. The molecule has 2 heterocycles. The van der Waals surface area contributed by atoms with Crippen molar-refractivity contribution in [3.8, 4) is 17.0 Å². The molecule has 0 aliphatic carbocycles. The predicted molar refractivity (Wildman–Crippen MR) is 104 cm³/mol. The van der Waals surface area contributed by atoms with Crippen molar-refractivity contribution >= 4 is 17.2 Å². The Bertz CT molecular complexity index is 873. The largest absolute Gasteiger partial charge is 0.494 e. The lowest BCUT2D eigenvalue weighted by atomic mass is 10.1. The molecular formula is C19H22N4O2S. The maximum absolute atomic E-state index is 12.8. The zero-order chi connectivity index (χ0) is 18.5. The van der Waals surface area contributed by atoms with Gasteiger partial charge in [-0.2, -0.15) is 5.10 Å². The molecule has 6 nitrogen and oxygen atoms in total. The summed E-state index contributed by atoms with van der Waals surface area (Å²) in [6, 6.07) is 11.7. The molecule has 1 atom stereocenters. The first-order chi connectivity index (χ1) is 12.6. The molecule has 1 unspecified atom stereocenters. The first-order valence-corrected chi connectivity index (χ1v) is 9.20. The van der Waals surface area contributed by atoms with Crippen molar-refractivity contribution in [3.63, 3.8) is 0 Å². The third-order valence-electron chi connectivity index (χ3n) is 4.20. The Balaban J connectivity index is 1.79. The number of nitrogens with one attached hydrogen (secondary N) is 1. The minimum absolute atomic E-state index is 0.142. The summed E-state index contributed by atoms with van der Waals surface area (Å²) in [5.74, 6) is 0.387. The zero-order valence-corrected chi connectivity index (χ0v) is 15.6. The highest BCUT2D eigenvalue weighted by atomic mass is 32.1. The number of nitrogens with two attached hydrogens (primary N) is 1. The van der Waals surface area contributed by atoms with Gasteiger partial charge in [0, 0.05) is 31.2 Å². The minimum Gasteiger partial charge on any atom is -0.494 e. The van der Waals surface area contributed by atoms with E-state index in [1.807, 2.05) is 48.8 Å². The summed E-state index contributed by atoms with van der Waals surface area (Å²) in [6.07, 6.45) is 2.40. The van der Waals surface area contributed by atoms with E-state index in [0.717, 1.165) is 16.8 Å². The molecule has 7 heteroatoms. The van der Waals surface area contributed by atoms with Crippen LogP contribution in [0.1, 0.15) is 15.2 Å². The number of nitrogens with zero attached hydrogens (tertiary/aromatic N) is 2. The van der Waals surface area contributed by atoms with Crippen molar-refractivity contribution in [1.82, 2.24) is 15.1 Å². The number of benzene rings is 1. The summed E-state index contributed by atoms with van der Waals surface area (Å²) in [6.45, 7) is 0.364. The number of amides is 1. The van der Waals surface area contributed by atoms with Crippen LogP contribution in [0, 0.1) is 0 Å². The molecule has 0 fully saturated rings. The van der Waals surface area contributed by atoms with E-state index in [4.69, 9.17) is 10.5 Å². The summed E-state index contributed by atoms with van der Waals surface area (Å²) in [5.41, 5.74) is 8.76. The molecule has 0 bridgehead atoms. The van der Waals surface area contributed by atoms with Gasteiger partial charge >= 0.3 is 0 Å². The van der Waals surface area contributed by atoms with Crippen LogP contribution in [0.15, 0.2) is 48.0 Å². The number of hydrogen-bond acceptors (Lipinski definition) is 5. The topological polar surface area (TPSA) is 82.2 Å². The fourth-order valence-electron chi connectivity index (χ4n) is 2.86. The first-order valence-electron chi connectivity index (χ1n) is 8.32. The van der Waals surface area contributed by atoms with E-state index in [9.17, 15) is 4.79 Å². The van der Waals surface area contributed by atoms with Gasteiger partial charge in [0.1, 0.15) is 4.88 Å². The Morgan fingerprint density at radius 1 is 1.35 bits per heavy atom. The molecule has 0 saturated heterocycles. The molecule has 1 amide bonds. The summed E-state index contributed by atoms with van der Waals surface area (Å²) in [7, 11) is 3.43. The lowest BCUT2D eigenvalue weighted by molar-refractivity contribution is 0.0939. The number of thiophene rings is 1. The number of ether oxygens (including phenoxy) is 1. The van der Waals surface area contributed by atoms with E-state index in [1.165, 1.54) is 11.3 Å². The Morgan fingerprint density at radius 2 is 2.12 bits per heavy atom. The molecule has 26 heavy (non-hydrogen) atoms. The Kier molecular flexibility index (Phi) is 5.70. The van der Waals surface area contributed by atoms with E-state index in [0.29, 0.717) is 23.6 Å². The Morgan fingerprint density at radius 3 is 2.73 bits per heavy atom. The molecule has 0 spiro atoms.